The Morgan fingerprint density at radius 3 is 1.79 bits per heavy atom. The van der Waals surface area contributed by atoms with E-state index in [2.05, 4.69) is 12.2 Å². The fraction of sp³-hybridized carbons (Fsp3) is 0.765. The van der Waals surface area contributed by atoms with Crippen molar-refractivity contribution in [2.75, 3.05) is 50.8 Å². The van der Waals surface area contributed by atoms with Crippen LogP contribution in [0.25, 0.3) is 0 Å². The Balaban J connectivity index is 2.18. The number of hydrogen-bond donors (Lipinski definition) is 3. The van der Waals surface area contributed by atoms with E-state index in [1.807, 2.05) is 29.2 Å². The van der Waals surface area contributed by atoms with Gasteiger partial charge in [-0.25, -0.2) is 4.79 Å². The summed E-state index contributed by atoms with van der Waals surface area (Å²) in [4.78, 5) is 27.7. The van der Waals surface area contributed by atoms with Gasteiger partial charge in [-0.2, -0.15) is 0 Å². The maximum Gasteiger partial charge on any atom is 0.407 e. The number of benzene rings is 1. The number of carbonyl (C=O) groups excluding carboxylic acids is 2. The molecule has 0 fully saturated rings. The monoisotopic (exact) mass is 591 g/mol. The molecule has 2 amide bonds. The molecule has 0 aliphatic carbocycles. The third-order valence-electron chi connectivity index (χ3n) is 7.79. The van der Waals surface area contributed by atoms with E-state index in [0.29, 0.717) is 39.1 Å². The summed E-state index contributed by atoms with van der Waals surface area (Å²) in [6.45, 7) is 5.18. The van der Waals surface area contributed by atoms with Crippen LogP contribution < -0.4 is 10.2 Å². The minimum absolute atomic E-state index is 0.0339. The largest absolute Gasteiger partial charge is 0.445 e. The zero-order valence-corrected chi connectivity index (χ0v) is 26.6. The van der Waals surface area contributed by atoms with Crippen molar-refractivity contribution in [3.05, 3.63) is 29.8 Å². The van der Waals surface area contributed by atoms with Gasteiger partial charge in [0.2, 0.25) is 6.41 Å². The second kappa shape index (κ2) is 27.7. The number of nitrogens with one attached hydrogen (secondary N) is 1. The molecule has 0 radical (unpaired) electrons. The van der Waals surface area contributed by atoms with Crippen LogP contribution in [-0.4, -0.2) is 73.6 Å². The van der Waals surface area contributed by atoms with E-state index in [0.717, 1.165) is 30.5 Å². The van der Waals surface area contributed by atoms with Crippen molar-refractivity contribution in [3.63, 3.8) is 0 Å². The number of para-hydroxylation sites is 1. The number of rotatable bonds is 29. The molecular formula is C34H61N3O5. The van der Waals surface area contributed by atoms with E-state index in [4.69, 9.17) is 14.9 Å². The predicted molar refractivity (Wildman–Crippen MR) is 173 cm³/mol. The van der Waals surface area contributed by atoms with Crippen LogP contribution in [0.15, 0.2) is 24.3 Å². The summed E-state index contributed by atoms with van der Waals surface area (Å²) in [5.41, 5.74) is 1.58. The molecule has 0 atom stereocenters. The topological polar surface area (TPSA) is 102 Å². The minimum atomic E-state index is -0.504. The number of ether oxygens (including phenoxy) is 1. The van der Waals surface area contributed by atoms with Gasteiger partial charge in [-0.05, 0) is 25.5 Å². The molecule has 0 aliphatic heterocycles. The number of carbonyl (C=O) groups is 2. The van der Waals surface area contributed by atoms with Gasteiger partial charge in [-0.15, -0.1) is 0 Å². The van der Waals surface area contributed by atoms with Gasteiger partial charge >= 0.3 is 6.09 Å². The SMILES string of the molecule is CCCCCCCCCCCCCCCCCCN(C=O)c1ccccc1COC(=O)NCCCN(CCO)CCO. The summed E-state index contributed by atoms with van der Waals surface area (Å²) in [6, 6.07) is 7.56. The van der Waals surface area contributed by atoms with E-state index in [-0.39, 0.29) is 19.8 Å². The van der Waals surface area contributed by atoms with Gasteiger partial charge in [0.1, 0.15) is 6.61 Å². The maximum atomic E-state index is 12.2. The van der Waals surface area contributed by atoms with Crippen LogP contribution >= 0.6 is 0 Å². The standard InChI is InChI=1S/C34H61N3O5/c1-2-3-4-5-6-7-8-9-10-11-12-13-14-15-16-19-25-37(31-40)33-22-18-17-21-32(33)30-42-34(41)35-23-20-24-36(26-28-38)27-29-39/h17-18,21-22,31,38-39H,2-16,19-20,23-30H2,1H3,(H,35,41). The highest BCUT2D eigenvalue weighted by Crippen LogP contribution is 2.21. The molecule has 0 heterocycles. The van der Waals surface area contributed by atoms with Gasteiger partial charge in [0.25, 0.3) is 0 Å². The molecule has 0 saturated heterocycles. The van der Waals surface area contributed by atoms with Crippen molar-refractivity contribution >= 4 is 18.2 Å². The lowest BCUT2D eigenvalue weighted by Crippen LogP contribution is -2.33. The Bertz CT molecular complexity index is 773. The first-order valence-electron chi connectivity index (χ1n) is 16.8. The van der Waals surface area contributed by atoms with E-state index in [1.54, 1.807) is 4.90 Å². The zero-order valence-electron chi connectivity index (χ0n) is 26.6. The van der Waals surface area contributed by atoms with Gasteiger partial charge in [0, 0.05) is 37.4 Å². The number of alkyl carbamates (subject to hydrolysis) is 1. The first kappa shape index (κ1) is 37.9. The molecule has 8 nitrogen and oxygen atoms in total. The van der Waals surface area contributed by atoms with Gasteiger partial charge in [0.15, 0.2) is 0 Å². The molecule has 0 aliphatic rings. The summed E-state index contributed by atoms with van der Waals surface area (Å²) < 4.78 is 5.41. The summed E-state index contributed by atoms with van der Waals surface area (Å²) in [7, 11) is 0. The number of nitrogens with zero attached hydrogens (tertiary/aromatic N) is 2. The molecule has 0 unspecified atom stereocenters. The van der Waals surface area contributed by atoms with Crippen molar-refractivity contribution in [2.24, 2.45) is 0 Å². The average Bonchev–Trinajstić information content (AvgIpc) is 3.00. The van der Waals surface area contributed by atoms with E-state index >= 15 is 0 Å². The molecule has 1 rings (SSSR count). The molecule has 42 heavy (non-hydrogen) atoms. The molecular weight excluding hydrogens is 530 g/mol. The summed E-state index contributed by atoms with van der Waals surface area (Å²) in [5, 5.41) is 20.9. The molecule has 0 bridgehead atoms. The quantitative estimate of drug-likeness (QED) is 0.0698. The molecule has 8 heteroatoms. The summed E-state index contributed by atoms with van der Waals surface area (Å²) in [6.07, 6.45) is 22.1. The summed E-state index contributed by atoms with van der Waals surface area (Å²) >= 11 is 0. The number of unbranched alkanes of at least 4 members (excludes halogenated alkanes) is 15. The Morgan fingerprint density at radius 2 is 1.26 bits per heavy atom. The van der Waals surface area contributed by atoms with Crippen molar-refractivity contribution in [1.29, 1.82) is 0 Å². The number of hydrogen-bond acceptors (Lipinski definition) is 6. The predicted octanol–water partition coefficient (Wildman–Crippen LogP) is 6.81. The number of amides is 2. The number of aliphatic hydroxyl groups excluding tert-OH is 2. The normalized spacial score (nSPS) is 11.1. The number of aliphatic hydroxyl groups is 2. The Labute approximate surface area is 256 Å². The highest BCUT2D eigenvalue weighted by atomic mass is 16.5. The smallest absolute Gasteiger partial charge is 0.407 e. The van der Waals surface area contributed by atoms with Crippen LogP contribution in [0.5, 0.6) is 0 Å². The lowest BCUT2D eigenvalue weighted by Gasteiger charge is -2.21. The van der Waals surface area contributed by atoms with Crippen molar-refractivity contribution in [3.8, 4) is 0 Å². The lowest BCUT2D eigenvalue weighted by atomic mass is 10.0. The fourth-order valence-electron chi connectivity index (χ4n) is 5.28. The highest BCUT2D eigenvalue weighted by Gasteiger charge is 2.12. The van der Waals surface area contributed by atoms with E-state index < -0.39 is 6.09 Å². The van der Waals surface area contributed by atoms with Crippen LogP contribution in [0.2, 0.25) is 0 Å². The van der Waals surface area contributed by atoms with Gasteiger partial charge in [0.05, 0.1) is 13.2 Å². The van der Waals surface area contributed by atoms with E-state index in [9.17, 15) is 9.59 Å². The molecule has 3 N–H and O–H groups in total. The Kier molecular flexibility index (Phi) is 24.9. The van der Waals surface area contributed by atoms with Gasteiger partial charge in [-0.1, -0.05) is 121 Å². The maximum absolute atomic E-state index is 12.2. The molecule has 242 valence electrons. The molecule has 1 aromatic rings. The van der Waals surface area contributed by atoms with Crippen molar-refractivity contribution in [1.82, 2.24) is 10.2 Å². The second-order valence-electron chi connectivity index (χ2n) is 11.4. The fourth-order valence-corrected chi connectivity index (χ4v) is 5.28. The molecule has 0 aromatic heterocycles. The summed E-state index contributed by atoms with van der Waals surface area (Å²) in [5.74, 6) is 0. The third kappa shape index (κ3) is 19.9. The Morgan fingerprint density at radius 1 is 0.738 bits per heavy atom. The van der Waals surface area contributed by atoms with Gasteiger partial charge in [-0.3, -0.25) is 9.69 Å². The van der Waals surface area contributed by atoms with Crippen molar-refractivity contribution < 1.29 is 24.5 Å². The zero-order chi connectivity index (χ0) is 30.5. The van der Waals surface area contributed by atoms with Crippen LogP contribution in [-0.2, 0) is 16.1 Å². The molecule has 1 aromatic carbocycles. The van der Waals surface area contributed by atoms with Crippen LogP contribution in [0.4, 0.5) is 10.5 Å². The van der Waals surface area contributed by atoms with Gasteiger partial charge < -0.3 is 25.2 Å². The third-order valence-corrected chi connectivity index (χ3v) is 7.79. The highest BCUT2D eigenvalue weighted by molar-refractivity contribution is 5.77. The lowest BCUT2D eigenvalue weighted by molar-refractivity contribution is -0.107. The number of anilines is 1. The molecule has 0 spiro atoms. The van der Waals surface area contributed by atoms with Crippen LogP contribution in [0.3, 0.4) is 0 Å². The first-order chi connectivity index (χ1) is 20.7. The first-order valence-corrected chi connectivity index (χ1v) is 16.8. The van der Waals surface area contributed by atoms with E-state index in [1.165, 1.54) is 89.9 Å². The average molecular weight is 592 g/mol. The van der Waals surface area contributed by atoms with Crippen LogP contribution in [0, 0.1) is 0 Å². The minimum Gasteiger partial charge on any atom is -0.445 e. The second-order valence-corrected chi connectivity index (χ2v) is 11.4. The van der Waals surface area contributed by atoms with Crippen molar-refractivity contribution in [2.45, 2.75) is 123 Å². The molecule has 0 saturated carbocycles. The van der Waals surface area contributed by atoms with Crippen LogP contribution in [0.1, 0.15) is 122 Å². The Hall–Kier alpha value is -2.16.